The van der Waals surface area contributed by atoms with Crippen LogP contribution in [0, 0.1) is 0 Å². The fraction of sp³-hybridized carbons (Fsp3) is 0.227. The monoisotopic (exact) mass is 550 g/mol. The van der Waals surface area contributed by atoms with Gasteiger partial charge in [-0.15, -0.1) is 24.0 Å². The molecule has 0 spiro atoms. The van der Waals surface area contributed by atoms with E-state index >= 15 is 0 Å². The van der Waals surface area contributed by atoms with E-state index in [1.165, 1.54) is 10.9 Å². The summed E-state index contributed by atoms with van der Waals surface area (Å²) >= 11 is 6.03. The molecule has 4 aromatic rings. The molecule has 0 bridgehead atoms. The predicted octanol–water partition coefficient (Wildman–Crippen LogP) is 4.79. The molecule has 9 heteroatoms. The second kappa shape index (κ2) is 11.1. The van der Waals surface area contributed by atoms with Crippen molar-refractivity contribution in [2.45, 2.75) is 19.9 Å². The molecule has 2 aromatic carbocycles. The third kappa shape index (κ3) is 5.98. The molecule has 0 unspecified atom stereocenters. The van der Waals surface area contributed by atoms with Gasteiger partial charge in [0, 0.05) is 40.8 Å². The average molecular weight is 551 g/mol. The van der Waals surface area contributed by atoms with Crippen LogP contribution in [0.15, 0.2) is 64.2 Å². The fourth-order valence-corrected chi connectivity index (χ4v) is 3.40. The molecule has 0 fully saturated rings. The molecule has 4 rings (SSSR count). The van der Waals surface area contributed by atoms with Crippen LogP contribution in [0.25, 0.3) is 22.3 Å². The molecular weight excluding hydrogens is 527 g/mol. The Bertz CT molecular complexity index is 1160. The maximum Gasteiger partial charge on any atom is 0.248 e. The molecule has 0 amide bonds. The van der Waals surface area contributed by atoms with Crippen LogP contribution in [0.4, 0.5) is 0 Å². The van der Waals surface area contributed by atoms with Gasteiger partial charge in [0.2, 0.25) is 11.7 Å². The Labute approximate surface area is 202 Å². The zero-order chi connectivity index (χ0) is 20.8. The topological polar surface area (TPSA) is 91.1 Å². The van der Waals surface area contributed by atoms with Crippen molar-refractivity contribution < 1.29 is 4.52 Å². The standard InChI is InChI=1S/C22H23ClN6O.HI/c1-2-24-22(25-11-10-16-13-26-19-9-4-3-8-18(16)19)27-14-20-28-21(29-30-20)15-6-5-7-17(23)12-15;/h3-9,12-13,26H,2,10-11,14H2,1H3,(H2,24,25,27);1H. The normalized spacial score (nSPS) is 11.4. The van der Waals surface area contributed by atoms with Crippen molar-refractivity contribution in [1.82, 2.24) is 25.8 Å². The number of aliphatic imine (C=N–C) groups is 1. The molecule has 0 atom stereocenters. The summed E-state index contributed by atoms with van der Waals surface area (Å²) in [5, 5.41) is 12.5. The van der Waals surface area contributed by atoms with E-state index in [0.717, 1.165) is 30.6 Å². The van der Waals surface area contributed by atoms with Crippen LogP contribution in [0.3, 0.4) is 0 Å². The molecule has 0 aliphatic rings. The van der Waals surface area contributed by atoms with Crippen LogP contribution in [-0.2, 0) is 13.0 Å². The number of halogens is 2. The molecule has 0 saturated carbocycles. The number of benzene rings is 2. The van der Waals surface area contributed by atoms with E-state index in [1.807, 2.05) is 25.1 Å². The molecule has 0 aliphatic carbocycles. The van der Waals surface area contributed by atoms with E-state index in [4.69, 9.17) is 16.1 Å². The summed E-state index contributed by atoms with van der Waals surface area (Å²) in [6.45, 7) is 3.83. The van der Waals surface area contributed by atoms with Gasteiger partial charge >= 0.3 is 0 Å². The summed E-state index contributed by atoms with van der Waals surface area (Å²) in [6.07, 6.45) is 2.94. The zero-order valence-electron chi connectivity index (χ0n) is 17.1. The van der Waals surface area contributed by atoms with Crippen molar-refractivity contribution in [3.63, 3.8) is 0 Å². The van der Waals surface area contributed by atoms with Crippen molar-refractivity contribution in [3.8, 4) is 11.4 Å². The van der Waals surface area contributed by atoms with Gasteiger partial charge in [0.1, 0.15) is 6.54 Å². The molecule has 2 heterocycles. The fourth-order valence-electron chi connectivity index (χ4n) is 3.21. The van der Waals surface area contributed by atoms with Crippen molar-refractivity contribution in [2.24, 2.45) is 4.99 Å². The van der Waals surface area contributed by atoms with Gasteiger partial charge in [-0.2, -0.15) is 4.98 Å². The van der Waals surface area contributed by atoms with Crippen LogP contribution < -0.4 is 10.6 Å². The highest BCUT2D eigenvalue weighted by atomic mass is 127. The van der Waals surface area contributed by atoms with Crippen LogP contribution in [-0.4, -0.2) is 34.2 Å². The van der Waals surface area contributed by atoms with Crippen molar-refractivity contribution >= 4 is 52.4 Å². The maximum atomic E-state index is 6.03. The summed E-state index contributed by atoms with van der Waals surface area (Å²) in [4.78, 5) is 12.3. The Kier molecular flexibility index (Phi) is 8.30. The minimum atomic E-state index is 0. The second-order valence-electron chi connectivity index (χ2n) is 6.75. The lowest BCUT2D eigenvalue weighted by atomic mass is 10.1. The number of H-pyrrole nitrogens is 1. The lowest BCUT2D eigenvalue weighted by molar-refractivity contribution is 0.380. The second-order valence-corrected chi connectivity index (χ2v) is 7.19. The van der Waals surface area contributed by atoms with Crippen LogP contribution in [0.5, 0.6) is 0 Å². The Morgan fingerprint density at radius 3 is 2.87 bits per heavy atom. The van der Waals surface area contributed by atoms with Crippen LogP contribution in [0.1, 0.15) is 18.4 Å². The molecule has 3 N–H and O–H groups in total. The number of guanidine groups is 1. The highest BCUT2D eigenvalue weighted by Crippen LogP contribution is 2.20. The first-order valence-corrected chi connectivity index (χ1v) is 10.3. The quantitative estimate of drug-likeness (QED) is 0.175. The Balaban J connectivity index is 0.00000272. The first kappa shape index (κ1) is 23.1. The van der Waals surface area contributed by atoms with E-state index in [1.54, 1.807) is 12.1 Å². The summed E-state index contributed by atoms with van der Waals surface area (Å²) < 4.78 is 5.33. The molecule has 162 valence electrons. The number of fused-ring (bicyclic) bond motifs is 1. The highest BCUT2D eigenvalue weighted by molar-refractivity contribution is 14.0. The molecular formula is C22H24ClIN6O. The number of nitrogens with one attached hydrogen (secondary N) is 3. The Hall–Kier alpha value is -2.59. The Morgan fingerprint density at radius 2 is 2.03 bits per heavy atom. The first-order chi connectivity index (χ1) is 14.7. The maximum absolute atomic E-state index is 6.03. The van der Waals surface area contributed by atoms with Crippen molar-refractivity contribution in [2.75, 3.05) is 13.1 Å². The number of aromatic amines is 1. The third-order valence-electron chi connectivity index (χ3n) is 4.63. The van der Waals surface area contributed by atoms with Crippen molar-refractivity contribution in [3.05, 3.63) is 71.2 Å². The largest absolute Gasteiger partial charge is 0.361 e. The molecule has 2 aromatic heterocycles. The summed E-state index contributed by atoms with van der Waals surface area (Å²) in [5.41, 5.74) is 3.24. The van der Waals surface area contributed by atoms with Crippen molar-refractivity contribution in [1.29, 1.82) is 0 Å². The van der Waals surface area contributed by atoms with E-state index in [2.05, 4.69) is 55.1 Å². The number of nitrogens with zero attached hydrogens (tertiary/aromatic N) is 3. The van der Waals surface area contributed by atoms with Gasteiger partial charge in [-0.05, 0) is 37.1 Å². The minimum Gasteiger partial charge on any atom is -0.361 e. The van der Waals surface area contributed by atoms with Gasteiger partial charge in [0.25, 0.3) is 0 Å². The van der Waals surface area contributed by atoms with E-state index < -0.39 is 0 Å². The molecule has 0 saturated heterocycles. The zero-order valence-corrected chi connectivity index (χ0v) is 20.1. The Morgan fingerprint density at radius 1 is 1.16 bits per heavy atom. The summed E-state index contributed by atoms with van der Waals surface area (Å²) in [7, 11) is 0. The SMILES string of the molecule is CCNC(=NCc1nc(-c2cccc(Cl)c2)no1)NCCc1c[nH]c2ccccc12.I. The first-order valence-electron chi connectivity index (χ1n) is 9.88. The molecule has 0 radical (unpaired) electrons. The minimum absolute atomic E-state index is 0. The van der Waals surface area contributed by atoms with Gasteiger partial charge in [0.05, 0.1) is 0 Å². The lowest BCUT2D eigenvalue weighted by Gasteiger charge is -2.10. The van der Waals surface area contributed by atoms with Gasteiger partial charge < -0.3 is 20.1 Å². The number of hydrogen-bond acceptors (Lipinski definition) is 4. The number of para-hydroxylation sites is 1. The average Bonchev–Trinajstić information content (AvgIpc) is 3.39. The number of hydrogen-bond donors (Lipinski definition) is 3. The van der Waals surface area contributed by atoms with Crippen LogP contribution >= 0.6 is 35.6 Å². The van der Waals surface area contributed by atoms with E-state index in [-0.39, 0.29) is 30.5 Å². The van der Waals surface area contributed by atoms with E-state index in [0.29, 0.717) is 22.7 Å². The lowest BCUT2D eigenvalue weighted by Crippen LogP contribution is -2.38. The van der Waals surface area contributed by atoms with E-state index in [9.17, 15) is 0 Å². The van der Waals surface area contributed by atoms with Crippen LogP contribution in [0.2, 0.25) is 5.02 Å². The number of aromatic nitrogens is 3. The van der Waals surface area contributed by atoms with Gasteiger partial charge in [0.15, 0.2) is 5.96 Å². The molecule has 31 heavy (non-hydrogen) atoms. The predicted molar refractivity (Wildman–Crippen MR) is 135 cm³/mol. The van der Waals surface area contributed by atoms with Gasteiger partial charge in [-0.3, -0.25) is 0 Å². The number of rotatable bonds is 7. The molecule has 0 aliphatic heterocycles. The van der Waals surface area contributed by atoms with Gasteiger partial charge in [-0.1, -0.05) is 47.1 Å². The third-order valence-corrected chi connectivity index (χ3v) is 4.86. The smallest absolute Gasteiger partial charge is 0.248 e. The molecule has 7 nitrogen and oxygen atoms in total. The highest BCUT2D eigenvalue weighted by Gasteiger charge is 2.09. The summed E-state index contributed by atoms with van der Waals surface area (Å²) in [6, 6.07) is 15.7. The summed E-state index contributed by atoms with van der Waals surface area (Å²) in [5.74, 6) is 1.65. The van der Waals surface area contributed by atoms with Gasteiger partial charge in [-0.25, -0.2) is 4.99 Å².